The molecule has 0 saturated heterocycles. The number of hydrogen-bond donors (Lipinski definition) is 2. The first kappa shape index (κ1) is 21.8. The SMILES string of the molecule is O=C1CN(C(=O)c2ccc(NC(=O)c3ccc(Oc4cccnc4)cc3)cc2)c2ccccc2N1. The van der Waals surface area contributed by atoms with Crippen LogP contribution >= 0.6 is 0 Å². The minimum Gasteiger partial charge on any atom is -0.456 e. The standard InChI is InChI=1S/C27H20N4O4/c32-25-17-31(24-6-2-1-5-23(24)30-25)27(34)19-7-11-20(12-8-19)29-26(33)18-9-13-21(14-10-18)35-22-4-3-15-28-16-22/h1-16H,17H2,(H,29,33)(H,30,32). The number of para-hydroxylation sites is 2. The van der Waals surface area contributed by atoms with Gasteiger partial charge >= 0.3 is 0 Å². The van der Waals surface area contributed by atoms with Gasteiger partial charge in [-0.25, -0.2) is 0 Å². The van der Waals surface area contributed by atoms with Crippen LogP contribution in [0.15, 0.2) is 97.3 Å². The van der Waals surface area contributed by atoms with Crippen LogP contribution in [0.2, 0.25) is 0 Å². The fourth-order valence-corrected chi connectivity index (χ4v) is 3.69. The normalized spacial score (nSPS) is 12.3. The molecule has 3 aromatic carbocycles. The van der Waals surface area contributed by atoms with E-state index in [1.54, 1.807) is 91.3 Å². The van der Waals surface area contributed by atoms with Gasteiger partial charge in [-0.1, -0.05) is 12.1 Å². The molecule has 2 heterocycles. The third kappa shape index (κ3) is 4.86. The van der Waals surface area contributed by atoms with Gasteiger partial charge in [0.15, 0.2) is 0 Å². The number of benzene rings is 3. The molecule has 0 aliphatic carbocycles. The fourth-order valence-electron chi connectivity index (χ4n) is 3.69. The van der Waals surface area contributed by atoms with E-state index < -0.39 is 0 Å². The third-order valence-corrected chi connectivity index (χ3v) is 5.39. The number of carbonyl (C=O) groups is 3. The summed E-state index contributed by atoms with van der Waals surface area (Å²) in [7, 11) is 0. The van der Waals surface area contributed by atoms with Crippen LogP contribution in [-0.2, 0) is 4.79 Å². The fraction of sp³-hybridized carbons (Fsp3) is 0.0370. The predicted octanol–water partition coefficient (Wildman–Crippen LogP) is 4.73. The van der Waals surface area contributed by atoms with Crippen LogP contribution in [-0.4, -0.2) is 29.3 Å². The van der Waals surface area contributed by atoms with Crippen LogP contribution in [0.1, 0.15) is 20.7 Å². The van der Waals surface area contributed by atoms with Gasteiger partial charge in [0.2, 0.25) is 5.91 Å². The second kappa shape index (κ2) is 9.48. The van der Waals surface area contributed by atoms with E-state index in [9.17, 15) is 14.4 Å². The maximum atomic E-state index is 13.1. The van der Waals surface area contributed by atoms with Crippen molar-refractivity contribution < 1.29 is 19.1 Å². The lowest BCUT2D eigenvalue weighted by Gasteiger charge is -2.29. The van der Waals surface area contributed by atoms with Gasteiger partial charge < -0.3 is 15.4 Å². The summed E-state index contributed by atoms with van der Waals surface area (Å²) in [5, 5.41) is 5.58. The first-order valence-electron chi connectivity index (χ1n) is 10.9. The first-order chi connectivity index (χ1) is 17.1. The second-order valence-corrected chi connectivity index (χ2v) is 7.80. The van der Waals surface area contributed by atoms with Gasteiger partial charge in [-0.15, -0.1) is 0 Å². The Morgan fingerprint density at radius 1 is 0.857 bits per heavy atom. The maximum Gasteiger partial charge on any atom is 0.258 e. The molecule has 4 aromatic rings. The van der Waals surface area contributed by atoms with E-state index in [1.165, 1.54) is 4.90 Å². The molecular weight excluding hydrogens is 444 g/mol. The molecular formula is C27H20N4O4. The Hall–Kier alpha value is -4.98. The lowest BCUT2D eigenvalue weighted by atomic mass is 10.1. The highest BCUT2D eigenvalue weighted by Gasteiger charge is 2.27. The zero-order valence-electron chi connectivity index (χ0n) is 18.5. The molecule has 8 nitrogen and oxygen atoms in total. The van der Waals surface area contributed by atoms with Crippen LogP contribution in [0.5, 0.6) is 11.5 Å². The molecule has 0 saturated carbocycles. The highest BCUT2D eigenvalue weighted by atomic mass is 16.5. The highest BCUT2D eigenvalue weighted by Crippen LogP contribution is 2.30. The van der Waals surface area contributed by atoms with Crippen LogP contribution in [0.25, 0.3) is 0 Å². The molecule has 1 aliphatic heterocycles. The molecule has 2 N–H and O–H groups in total. The number of rotatable bonds is 5. The molecule has 0 fully saturated rings. The summed E-state index contributed by atoms with van der Waals surface area (Å²) in [6, 6.07) is 24.0. The number of nitrogens with zero attached hydrogens (tertiary/aromatic N) is 2. The highest BCUT2D eigenvalue weighted by molar-refractivity contribution is 6.15. The zero-order chi connectivity index (χ0) is 24.2. The number of aromatic nitrogens is 1. The van der Waals surface area contributed by atoms with Gasteiger partial charge in [-0.05, 0) is 72.8 Å². The van der Waals surface area contributed by atoms with Gasteiger partial charge in [-0.3, -0.25) is 24.3 Å². The van der Waals surface area contributed by atoms with Crippen molar-refractivity contribution in [2.24, 2.45) is 0 Å². The number of pyridine rings is 1. The summed E-state index contributed by atoms with van der Waals surface area (Å²) < 4.78 is 5.69. The minimum absolute atomic E-state index is 0.0607. The number of anilines is 3. The van der Waals surface area contributed by atoms with Crippen LogP contribution in [0.4, 0.5) is 17.1 Å². The van der Waals surface area contributed by atoms with Crippen LogP contribution in [0.3, 0.4) is 0 Å². The Morgan fingerprint density at radius 3 is 2.34 bits per heavy atom. The largest absolute Gasteiger partial charge is 0.456 e. The number of fused-ring (bicyclic) bond motifs is 1. The smallest absolute Gasteiger partial charge is 0.258 e. The van der Waals surface area contributed by atoms with Gasteiger partial charge in [0, 0.05) is 23.0 Å². The number of carbonyl (C=O) groups excluding carboxylic acids is 3. The summed E-state index contributed by atoms with van der Waals surface area (Å²) in [5.74, 6) is 0.351. The third-order valence-electron chi connectivity index (χ3n) is 5.39. The summed E-state index contributed by atoms with van der Waals surface area (Å²) in [6.45, 7) is -0.0607. The van der Waals surface area contributed by atoms with Crippen molar-refractivity contribution in [2.75, 3.05) is 22.1 Å². The van der Waals surface area contributed by atoms with E-state index in [2.05, 4.69) is 15.6 Å². The van der Waals surface area contributed by atoms with Crippen molar-refractivity contribution in [3.8, 4) is 11.5 Å². The molecule has 5 rings (SSSR count). The Balaban J connectivity index is 1.24. The summed E-state index contributed by atoms with van der Waals surface area (Å²) >= 11 is 0. The molecule has 1 aromatic heterocycles. The Kier molecular flexibility index (Phi) is 5.92. The monoisotopic (exact) mass is 464 g/mol. The Labute approximate surface area is 201 Å². The van der Waals surface area contributed by atoms with Crippen molar-refractivity contribution in [3.63, 3.8) is 0 Å². The van der Waals surface area contributed by atoms with Crippen LogP contribution < -0.4 is 20.3 Å². The van der Waals surface area contributed by atoms with E-state index in [4.69, 9.17) is 4.74 Å². The molecule has 172 valence electrons. The van der Waals surface area contributed by atoms with Gasteiger partial charge in [0.05, 0.1) is 17.6 Å². The summed E-state index contributed by atoms with van der Waals surface area (Å²) in [4.78, 5) is 43.2. The van der Waals surface area contributed by atoms with E-state index in [1.807, 2.05) is 6.07 Å². The van der Waals surface area contributed by atoms with E-state index in [-0.39, 0.29) is 24.3 Å². The van der Waals surface area contributed by atoms with Crippen molar-refractivity contribution in [1.82, 2.24) is 4.98 Å². The maximum absolute atomic E-state index is 13.1. The Morgan fingerprint density at radius 2 is 1.60 bits per heavy atom. The van der Waals surface area contributed by atoms with Crippen molar-refractivity contribution in [2.45, 2.75) is 0 Å². The number of amides is 3. The molecule has 0 atom stereocenters. The average Bonchev–Trinajstić information content (AvgIpc) is 2.89. The van der Waals surface area contributed by atoms with Crippen molar-refractivity contribution in [3.05, 3.63) is 108 Å². The van der Waals surface area contributed by atoms with Gasteiger partial charge in [0.25, 0.3) is 11.8 Å². The first-order valence-corrected chi connectivity index (χ1v) is 10.9. The zero-order valence-corrected chi connectivity index (χ0v) is 18.5. The topological polar surface area (TPSA) is 101 Å². The van der Waals surface area contributed by atoms with Crippen molar-refractivity contribution in [1.29, 1.82) is 0 Å². The summed E-state index contributed by atoms with van der Waals surface area (Å²) in [6.07, 6.45) is 3.27. The average molecular weight is 464 g/mol. The van der Waals surface area contributed by atoms with Gasteiger partial charge in [-0.2, -0.15) is 0 Å². The predicted molar refractivity (Wildman–Crippen MR) is 132 cm³/mol. The van der Waals surface area contributed by atoms with E-state index in [0.29, 0.717) is 39.7 Å². The molecule has 0 spiro atoms. The number of ether oxygens (including phenoxy) is 1. The lowest BCUT2D eigenvalue weighted by Crippen LogP contribution is -2.42. The van der Waals surface area contributed by atoms with E-state index in [0.717, 1.165) is 0 Å². The molecule has 0 bridgehead atoms. The molecule has 1 aliphatic rings. The number of nitrogens with one attached hydrogen (secondary N) is 2. The van der Waals surface area contributed by atoms with Gasteiger partial charge in [0.1, 0.15) is 18.0 Å². The van der Waals surface area contributed by atoms with Crippen molar-refractivity contribution >= 4 is 34.8 Å². The van der Waals surface area contributed by atoms with E-state index >= 15 is 0 Å². The molecule has 3 amide bonds. The second-order valence-electron chi connectivity index (χ2n) is 7.80. The minimum atomic E-state index is -0.297. The lowest BCUT2D eigenvalue weighted by molar-refractivity contribution is -0.115. The quantitative estimate of drug-likeness (QED) is 0.445. The molecule has 35 heavy (non-hydrogen) atoms. The van der Waals surface area contributed by atoms with Crippen LogP contribution in [0, 0.1) is 0 Å². The molecule has 8 heteroatoms. The Bertz CT molecular complexity index is 1390. The number of hydrogen-bond acceptors (Lipinski definition) is 5. The molecule has 0 unspecified atom stereocenters. The summed E-state index contributed by atoms with van der Waals surface area (Å²) in [5.41, 5.74) is 2.64. The molecule has 0 radical (unpaired) electrons.